The number of nitrogens with zero attached hydrogens (tertiary/aromatic N) is 1. The molecule has 0 aromatic carbocycles. The molecule has 3 N–H and O–H groups in total. The number of H-pyrrole nitrogens is 1. The van der Waals surface area contributed by atoms with Gasteiger partial charge in [-0.1, -0.05) is 12.8 Å². The Kier molecular flexibility index (Phi) is 4.75. The molecule has 18 heavy (non-hydrogen) atoms. The summed E-state index contributed by atoms with van der Waals surface area (Å²) in [6.07, 6.45) is 10.5. The molecule has 1 aliphatic rings. The van der Waals surface area contributed by atoms with Crippen molar-refractivity contribution < 1.29 is 9.53 Å². The number of aromatic amines is 1. The van der Waals surface area contributed by atoms with Crippen LogP contribution in [0.4, 0.5) is 0 Å². The molecule has 0 aliphatic heterocycles. The van der Waals surface area contributed by atoms with Gasteiger partial charge < -0.3 is 15.5 Å². The second-order valence-corrected chi connectivity index (χ2v) is 4.94. The molecular formula is C13H21N3O2. The highest BCUT2D eigenvalue weighted by Gasteiger charge is 2.21. The number of esters is 1. The van der Waals surface area contributed by atoms with Crippen LogP contribution in [0, 0.1) is 0 Å². The Morgan fingerprint density at radius 1 is 1.44 bits per heavy atom. The normalized spacial score (nSPS) is 19.2. The van der Waals surface area contributed by atoms with Gasteiger partial charge in [0.05, 0.1) is 6.33 Å². The number of aromatic nitrogens is 2. The lowest BCUT2D eigenvalue weighted by molar-refractivity contribution is -0.151. The summed E-state index contributed by atoms with van der Waals surface area (Å²) in [6.45, 7) is 0. The van der Waals surface area contributed by atoms with Crippen molar-refractivity contribution in [3.8, 4) is 0 Å². The van der Waals surface area contributed by atoms with Crippen LogP contribution in [-0.4, -0.2) is 28.1 Å². The second kappa shape index (κ2) is 6.54. The maximum atomic E-state index is 11.9. The van der Waals surface area contributed by atoms with Crippen molar-refractivity contribution >= 4 is 5.97 Å². The first-order valence-corrected chi connectivity index (χ1v) is 6.69. The third-order valence-corrected chi connectivity index (χ3v) is 3.38. The molecule has 0 amide bonds. The van der Waals surface area contributed by atoms with Crippen LogP contribution in [0.3, 0.4) is 0 Å². The van der Waals surface area contributed by atoms with E-state index in [1.165, 1.54) is 12.8 Å². The molecule has 1 aromatic rings. The average molecular weight is 251 g/mol. The summed E-state index contributed by atoms with van der Waals surface area (Å²) < 4.78 is 5.48. The average Bonchev–Trinajstić information content (AvgIpc) is 2.72. The van der Waals surface area contributed by atoms with Gasteiger partial charge in [0, 0.05) is 18.3 Å². The molecule has 100 valence electrons. The summed E-state index contributed by atoms with van der Waals surface area (Å²) in [5.74, 6) is -0.295. The van der Waals surface area contributed by atoms with Gasteiger partial charge >= 0.3 is 5.97 Å². The van der Waals surface area contributed by atoms with Crippen molar-refractivity contribution in [3.63, 3.8) is 0 Å². The van der Waals surface area contributed by atoms with E-state index in [0.29, 0.717) is 6.42 Å². The van der Waals surface area contributed by atoms with E-state index in [-0.39, 0.29) is 12.1 Å². The van der Waals surface area contributed by atoms with Gasteiger partial charge in [-0.05, 0) is 25.7 Å². The van der Waals surface area contributed by atoms with Crippen molar-refractivity contribution in [1.29, 1.82) is 0 Å². The molecule has 0 bridgehead atoms. The minimum Gasteiger partial charge on any atom is -0.461 e. The van der Waals surface area contributed by atoms with E-state index in [9.17, 15) is 4.79 Å². The molecule has 0 saturated heterocycles. The largest absolute Gasteiger partial charge is 0.461 e. The molecule has 1 heterocycles. The predicted octanol–water partition coefficient (Wildman–Crippen LogP) is 1.55. The van der Waals surface area contributed by atoms with Crippen LogP contribution in [0.5, 0.6) is 0 Å². The van der Waals surface area contributed by atoms with E-state index in [0.717, 1.165) is 31.4 Å². The molecule has 0 radical (unpaired) electrons. The van der Waals surface area contributed by atoms with Crippen molar-refractivity contribution in [3.05, 3.63) is 18.2 Å². The number of hydrogen-bond donors (Lipinski definition) is 2. The van der Waals surface area contributed by atoms with Gasteiger partial charge in [-0.3, -0.25) is 4.79 Å². The van der Waals surface area contributed by atoms with Crippen LogP contribution in [0.2, 0.25) is 0 Å². The van der Waals surface area contributed by atoms with Crippen LogP contribution in [0.15, 0.2) is 12.5 Å². The fourth-order valence-corrected chi connectivity index (χ4v) is 2.33. The number of hydrogen-bond acceptors (Lipinski definition) is 4. The lowest BCUT2D eigenvalue weighted by Gasteiger charge is -2.18. The summed E-state index contributed by atoms with van der Waals surface area (Å²) in [5, 5.41) is 0. The van der Waals surface area contributed by atoms with E-state index < -0.39 is 6.04 Å². The van der Waals surface area contributed by atoms with Crippen molar-refractivity contribution in [1.82, 2.24) is 9.97 Å². The maximum Gasteiger partial charge on any atom is 0.323 e. The topological polar surface area (TPSA) is 81.0 Å². The van der Waals surface area contributed by atoms with E-state index in [1.807, 2.05) is 0 Å². The standard InChI is InChI=1S/C13H21N3O2/c14-12(7-10-8-15-9-16-10)13(17)18-11-5-3-1-2-4-6-11/h8-9,11-12H,1-7,14H2,(H,15,16)/t12-/m1/s1. The highest BCUT2D eigenvalue weighted by Crippen LogP contribution is 2.20. The molecule has 1 aliphatic carbocycles. The molecule has 1 aromatic heterocycles. The van der Waals surface area contributed by atoms with Gasteiger partial charge in [-0.2, -0.15) is 0 Å². The summed E-state index contributed by atoms with van der Waals surface area (Å²) in [7, 11) is 0. The van der Waals surface area contributed by atoms with Crippen LogP contribution in [-0.2, 0) is 16.0 Å². The Bertz CT molecular complexity index is 356. The molecule has 5 heteroatoms. The van der Waals surface area contributed by atoms with Gasteiger partial charge in [0.1, 0.15) is 12.1 Å². The number of ether oxygens (including phenoxy) is 1. The Balaban J connectivity index is 1.79. The summed E-state index contributed by atoms with van der Waals surface area (Å²) >= 11 is 0. The summed E-state index contributed by atoms with van der Waals surface area (Å²) in [6, 6.07) is -0.603. The zero-order valence-corrected chi connectivity index (χ0v) is 10.6. The number of carbonyl (C=O) groups excluding carboxylic acids is 1. The van der Waals surface area contributed by atoms with Gasteiger partial charge in [0.2, 0.25) is 0 Å². The third kappa shape index (κ3) is 3.84. The molecule has 2 rings (SSSR count). The molecule has 5 nitrogen and oxygen atoms in total. The first-order valence-electron chi connectivity index (χ1n) is 6.69. The van der Waals surface area contributed by atoms with Gasteiger partial charge in [0.15, 0.2) is 0 Å². The Labute approximate surface area is 107 Å². The summed E-state index contributed by atoms with van der Waals surface area (Å²) in [5.41, 5.74) is 6.70. The predicted molar refractivity (Wildman–Crippen MR) is 67.8 cm³/mol. The zero-order valence-electron chi connectivity index (χ0n) is 10.6. The monoisotopic (exact) mass is 251 g/mol. The molecule has 1 saturated carbocycles. The van der Waals surface area contributed by atoms with E-state index in [2.05, 4.69) is 9.97 Å². The van der Waals surface area contributed by atoms with Crippen molar-refractivity contribution in [2.24, 2.45) is 5.73 Å². The quantitative estimate of drug-likeness (QED) is 0.628. The molecule has 0 spiro atoms. The van der Waals surface area contributed by atoms with Crippen LogP contribution < -0.4 is 5.73 Å². The molecular weight excluding hydrogens is 230 g/mol. The number of carbonyl (C=O) groups is 1. The first kappa shape index (κ1) is 13.1. The highest BCUT2D eigenvalue weighted by atomic mass is 16.5. The van der Waals surface area contributed by atoms with E-state index >= 15 is 0 Å². The van der Waals surface area contributed by atoms with E-state index in [1.54, 1.807) is 12.5 Å². The van der Waals surface area contributed by atoms with Crippen LogP contribution in [0.25, 0.3) is 0 Å². The number of nitrogens with two attached hydrogens (primary N) is 1. The second-order valence-electron chi connectivity index (χ2n) is 4.94. The van der Waals surface area contributed by atoms with Gasteiger partial charge in [0.25, 0.3) is 0 Å². The number of imidazole rings is 1. The molecule has 1 atom stereocenters. The van der Waals surface area contributed by atoms with Gasteiger partial charge in [-0.15, -0.1) is 0 Å². The fraction of sp³-hybridized carbons (Fsp3) is 0.692. The SMILES string of the molecule is N[C@H](Cc1cnc[nH]1)C(=O)OC1CCCCCC1. The number of nitrogens with one attached hydrogen (secondary N) is 1. The Hall–Kier alpha value is -1.36. The Morgan fingerprint density at radius 2 is 2.17 bits per heavy atom. The first-order chi connectivity index (χ1) is 8.75. The third-order valence-electron chi connectivity index (χ3n) is 3.38. The lowest BCUT2D eigenvalue weighted by Crippen LogP contribution is -2.36. The smallest absolute Gasteiger partial charge is 0.323 e. The zero-order chi connectivity index (χ0) is 12.8. The lowest BCUT2D eigenvalue weighted by atomic mass is 10.1. The molecule has 0 unspecified atom stereocenters. The highest BCUT2D eigenvalue weighted by molar-refractivity contribution is 5.76. The van der Waals surface area contributed by atoms with Crippen LogP contribution in [0.1, 0.15) is 44.2 Å². The van der Waals surface area contributed by atoms with Crippen molar-refractivity contribution in [2.45, 2.75) is 57.1 Å². The number of rotatable bonds is 4. The fourth-order valence-electron chi connectivity index (χ4n) is 2.33. The maximum absolute atomic E-state index is 11.9. The minimum absolute atomic E-state index is 0.0628. The molecule has 1 fully saturated rings. The van der Waals surface area contributed by atoms with Crippen molar-refractivity contribution in [2.75, 3.05) is 0 Å². The minimum atomic E-state index is -0.603. The van der Waals surface area contributed by atoms with Gasteiger partial charge in [-0.25, -0.2) is 4.98 Å². The summed E-state index contributed by atoms with van der Waals surface area (Å²) in [4.78, 5) is 18.7. The van der Waals surface area contributed by atoms with E-state index in [4.69, 9.17) is 10.5 Å². The Morgan fingerprint density at radius 3 is 2.78 bits per heavy atom. The van der Waals surface area contributed by atoms with Crippen LogP contribution >= 0.6 is 0 Å².